The summed E-state index contributed by atoms with van der Waals surface area (Å²) in [6, 6.07) is 5.23. The molecule has 3 heterocycles. The number of pyridine rings is 3. The monoisotopic (exact) mass is 327 g/mol. The Kier molecular flexibility index (Phi) is 3.72. The molecule has 0 amide bonds. The summed E-state index contributed by atoms with van der Waals surface area (Å²) in [6.45, 7) is 8.15. The summed E-state index contributed by atoms with van der Waals surface area (Å²) >= 11 is 6.43. The van der Waals surface area contributed by atoms with Crippen molar-refractivity contribution in [1.82, 2.24) is 15.0 Å². The number of fused-ring (bicyclic) bond motifs is 1. The van der Waals surface area contributed by atoms with Crippen molar-refractivity contribution in [2.75, 3.05) is 0 Å². The third-order valence-electron chi connectivity index (χ3n) is 3.80. The van der Waals surface area contributed by atoms with Crippen molar-refractivity contribution in [3.05, 3.63) is 57.2 Å². The van der Waals surface area contributed by atoms with Gasteiger partial charge in [-0.25, -0.2) is 0 Å². The van der Waals surface area contributed by atoms with Crippen molar-refractivity contribution in [2.45, 2.75) is 33.1 Å². The van der Waals surface area contributed by atoms with E-state index in [2.05, 4.69) is 35.7 Å². The van der Waals surface area contributed by atoms with Crippen LogP contribution < -0.4 is 5.43 Å². The molecular weight excluding hydrogens is 310 g/mol. The molecule has 0 fully saturated rings. The predicted octanol–water partition coefficient (Wildman–Crippen LogP) is 4.24. The van der Waals surface area contributed by atoms with Crippen molar-refractivity contribution in [3.8, 4) is 11.3 Å². The SMILES string of the molecule is Cc1nc(C(C)(C)C)c(Cl)cc1-c1cc(=O)c2cnccc2[nH]1. The molecule has 0 aliphatic heterocycles. The average Bonchev–Trinajstić information content (AvgIpc) is 2.48. The fraction of sp³-hybridized carbons (Fsp3) is 0.278. The van der Waals surface area contributed by atoms with Gasteiger partial charge >= 0.3 is 0 Å². The lowest BCUT2D eigenvalue weighted by Crippen LogP contribution is -2.15. The first kappa shape index (κ1) is 15.7. The Morgan fingerprint density at radius 2 is 1.96 bits per heavy atom. The molecule has 3 rings (SSSR count). The van der Waals surface area contributed by atoms with Gasteiger partial charge in [-0.05, 0) is 19.1 Å². The number of rotatable bonds is 1. The third kappa shape index (κ3) is 2.86. The molecule has 0 bridgehead atoms. The van der Waals surface area contributed by atoms with Crippen LogP contribution in [0.25, 0.3) is 22.2 Å². The molecule has 3 aromatic rings. The first-order valence-electron chi connectivity index (χ1n) is 7.42. The molecule has 0 saturated carbocycles. The fourth-order valence-corrected chi connectivity index (χ4v) is 3.05. The lowest BCUT2D eigenvalue weighted by atomic mass is 9.90. The van der Waals surface area contributed by atoms with E-state index in [0.717, 1.165) is 22.5 Å². The Balaban J connectivity index is 2.24. The Morgan fingerprint density at radius 1 is 1.22 bits per heavy atom. The van der Waals surface area contributed by atoms with Crippen LogP contribution in [0.1, 0.15) is 32.2 Å². The Labute approximate surface area is 139 Å². The second-order valence-electron chi connectivity index (χ2n) is 6.67. The molecule has 0 aliphatic rings. The van der Waals surface area contributed by atoms with Crippen LogP contribution in [0.15, 0.2) is 35.4 Å². The maximum Gasteiger partial charge on any atom is 0.191 e. The average molecular weight is 328 g/mol. The van der Waals surface area contributed by atoms with Crippen LogP contribution in [0.5, 0.6) is 0 Å². The summed E-state index contributed by atoms with van der Waals surface area (Å²) in [5.74, 6) is 0. The molecular formula is C18H18ClN3O. The third-order valence-corrected chi connectivity index (χ3v) is 4.09. The van der Waals surface area contributed by atoms with E-state index in [1.54, 1.807) is 24.5 Å². The van der Waals surface area contributed by atoms with Crippen LogP contribution in [0.3, 0.4) is 0 Å². The smallest absolute Gasteiger partial charge is 0.191 e. The molecule has 0 spiro atoms. The van der Waals surface area contributed by atoms with Gasteiger partial charge in [0, 0.05) is 35.1 Å². The van der Waals surface area contributed by atoms with E-state index in [1.165, 1.54) is 0 Å². The highest BCUT2D eigenvalue weighted by Crippen LogP contribution is 2.32. The Bertz CT molecular complexity index is 955. The van der Waals surface area contributed by atoms with Crippen molar-refractivity contribution < 1.29 is 0 Å². The largest absolute Gasteiger partial charge is 0.354 e. The summed E-state index contributed by atoms with van der Waals surface area (Å²) in [6.07, 6.45) is 3.22. The summed E-state index contributed by atoms with van der Waals surface area (Å²) in [5.41, 5.74) is 3.77. The number of aromatic nitrogens is 3. The van der Waals surface area contributed by atoms with Gasteiger partial charge < -0.3 is 4.98 Å². The van der Waals surface area contributed by atoms with E-state index in [0.29, 0.717) is 16.1 Å². The number of nitrogens with one attached hydrogen (secondary N) is 1. The number of aromatic amines is 1. The van der Waals surface area contributed by atoms with Gasteiger partial charge in [0.15, 0.2) is 5.43 Å². The molecule has 3 aromatic heterocycles. The standard InChI is InChI=1S/C18H18ClN3O/c1-10-11(7-13(19)17(21-10)18(2,3)4)15-8-16(23)12-9-20-6-5-14(12)22-15/h5-9H,1-4H3,(H,22,23). The van der Waals surface area contributed by atoms with Crippen molar-refractivity contribution in [3.63, 3.8) is 0 Å². The summed E-state index contributed by atoms with van der Waals surface area (Å²) in [5, 5.41) is 1.17. The quantitative estimate of drug-likeness (QED) is 0.727. The highest BCUT2D eigenvalue weighted by Gasteiger charge is 2.21. The van der Waals surface area contributed by atoms with Crippen LogP contribution in [-0.2, 0) is 5.41 Å². The van der Waals surface area contributed by atoms with Crippen LogP contribution in [0.2, 0.25) is 5.02 Å². The van der Waals surface area contributed by atoms with Gasteiger partial charge in [0.05, 0.1) is 27.3 Å². The number of aryl methyl sites for hydroxylation is 1. The molecule has 4 nitrogen and oxygen atoms in total. The molecule has 0 unspecified atom stereocenters. The Hall–Kier alpha value is -2.20. The van der Waals surface area contributed by atoms with Crippen molar-refractivity contribution in [2.24, 2.45) is 0 Å². The van der Waals surface area contributed by atoms with E-state index in [-0.39, 0.29) is 10.8 Å². The normalized spacial score (nSPS) is 11.9. The van der Waals surface area contributed by atoms with Crippen molar-refractivity contribution in [1.29, 1.82) is 0 Å². The topological polar surface area (TPSA) is 58.6 Å². The van der Waals surface area contributed by atoms with Gasteiger partial charge in [-0.15, -0.1) is 0 Å². The highest BCUT2D eigenvalue weighted by molar-refractivity contribution is 6.31. The van der Waals surface area contributed by atoms with Gasteiger partial charge in [0.25, 0.3) is 0 Å². The van der Waals surface area contributed by atoms with Crippen LogP contribution in [-0.4, -0.2) is 15.0 Å². The predicted molar refractivity (Wildman–Crippen MR) is 94.0 cm³/mol. The maximum atomic E-state index is 12.3. The van der Waals surface area contributed by atoms with Crippen molar-refractivity contribution >= 4 is 22.5 Å². The minimum atomic E-state index is -0.136. The van der Waals surface area contributed by atoms with E-state index >= 15 is 0 Å². The molecule has 0 aliphatic carbocycles. The lowest BCUT2D eigenvalue weighted by Gasteiger charge is -2.21. The molecule has 0 aromatic carbocycles. The molecule has 0 radical (unpaired) electrons. The minimum Gasteiger partial charge on any atom is -0.354 e. The van der Waals surface area contributed by atoms with Gasteiger partial charge in [-0.2, -0.15) is 0 Å². The first-order valence-corrected chi connectivity index (χ1v) is 7.80. The van der Waals surface area contributed by atoms with Crippen LogP contribution in [0.4, 0.5) is 0 Å². The zero-order valence-electron chi connectivity index (χ0n) is 13.6. The van der Waals surface area contributed by atoms with E-state index in [9.17, 15) is 4.79 Å². The summed E-state index contributed by atoms with van der Waals surface area (Å²) in [4.78, 5) is 24.2. The molecule has 5 heteroatoms. The molecule has 23 heavy (non-hydrogen) atoms. The highest BCUT2D eigenvalue weighted by atomic mass is 35.5. The second-order valence-corrected chi connectivity index (χ2v) is 7.08. The van der Waals surface area contributed by atoms with Crippen LogP contribution in [0, 0.1) is 6.92 Å². The molecule has 0 atom stereocenters. The number of hydrogen-bond donors (Lipinski definition) is 1. The van der Waals surface area contributed by atoms with E-state index in [4.69, 9.17) is 11.6 Å². The molecule has 118 valence electrons. The number of hydrogen-bond acceptors (Lipinski definition) is 3. The van der Waals surface area contributed by atoms with Crippen LogP contribution >= 0.6 is 11.6 Å². The molecule has 0 saturated heterocycles. The summed E-state index contributed by atoms with van der Waals surface area (Å²) in [7, 11) is 0. The minimum absolute atomic E-state index is 0.0720. The zero-order chi connectivity index (χ0) is 16.8. The van der Waals surface area contributed by atoms with E-state index in [1.807, 2.05) is 13.0 Å². The fourth-order valence-electron chi connectivity index (χ4n) is 2.61. The van der Waals surface area contributed by atoms with Gasteiger partial charge in [0.2, 0.25) is 0 Å². The lowest BCUT2D eigenvalue weighted by molar-refractivity contribution is 0.567. The van der Waals surface area contributed by atoms with Gasteiger partial charge in [-0.1, -0.05) is 32.4 Å². The number of nitrogens with zero attached hydrogens (tertiary/aromatic N) is 2. The zero-order valence-corrected chi connectivity index (χ0v) is 14.3. The maximum absolute atomic E-state index is 12.3. The van der Waals surface area contributed by atoms with E-state index < -0.39 is 0 Å². The number of halogens is 1. The van der Waals surface area contributed by atoms with Gasteiger partial charge in [-0.3, -0.25) is 14.8 Å². The van der Waals surface area contributed by atoms with Gasteiger partial charge in [0.1, 0.15) is 0 Å². The Morgan fingerprint density at radius 3 is 2.65 bits per heavy atom. The first-order chi connectivity index (χ1) is 10.8. The number of H-pyrrole nitrogens is 1. The second kappa shape index (κ2) is 5.46. The molecule has 1 N–H and O–H groups in total. The summed E-state index contributed by atoms with van der Waals surface area (Å²) < 4.78 is 0.